The topological polar surface area (TPSA) is 148 Å². The monoisotopic (exact) mass is 484 g/mol. The van der Waals surface area contributed by atoms with Gasteiger partial charge in [0.05, 0.1) is 0 Å². The molecule has 0 N–H and O–H groups in total. The van der Waals surface area contributed by atoms with E-state index in [2.05, 4.69) is 4.12 Å². The zero-order chi connectivity index (χ0) is 7.71. The van der Waals surface area contributed by atoms with Crippen molar-refractivity contribution < 1.29 is 113 Å². The van der Waals surface area contributed by atoms with Crippen molar-refractivity contribution in [3.63, 3.8) is 0 Å². The van der Waals surface area contributed by atoms with Crippen molar-refractivity contribution in [1.29, 1.82) is 0 Å². The molecular formula is Gd2O7Si2. The third kappa shape index (κ3) is 19.3. The summed E-state index contributed by atoms with van der Waals surface area (Å²) in [6, 6.07) is 0. The molecule has 0 rings (SSSR count). The summed E-state index contributed by atoms with van der Waals surface area (Å²) in [5.41, 5.74) is 0. The molecule has 0 aromatic carbocycles. The first kappa shape index (κ1) is 19.4. The molecule has 0 aromatic heterocycles. The molecule has 0 amide bonds. The molecule has 11 heavy (non-hydrogen) atoms. The molecular weight excluding hydrogens is 483 g/mol. The van der Waals surface area contributed by atoms with Crippen molar-refractivity contribution in [1.82, 2.24) is 0 Å². The van der Waals surface area contributed by atoms with E-state index in [9.17, 15) is 28.8 Å². The number of hydrogen-bond acceptors (Lipinski definition) is 7. The summed E-state index contributed by atoms with van der Waals surface area (Å²) in [5.74, 6) is 0. The molecule has 0 aliphatic carbocycles. The van der Waals surface area contributed by atoms with Crippen LogP contribution in [0, 0.1) is 79.9 Å². The normalized spacial score (nSPS) is 11.5. The molecule has 7 nitrogen and oxygen atoms in total. The molecule has 0 aliphatic heterocycles. The first-order valence-corrected chi connectivity index (χ1v) is 4.90. The molecule has 66 valence electrons. The summed E-state index contributed by atoms with van der Waals surface area (Å²) in [4.78, 5) is 56.2. The van der Waals surface area contributed by atoms with Gasteiger partial charge in [-0.15, -0.1) is 18.1 Å². The molecule has 0 saturated heterocycles. The van der Waals surface area contributed by atoms with Crippen molar-refractivity contribution in [2.24, 2.45) is 0 Å². The molecule has 0 saturated carbocycles. The van der Waals surface area contributed by atoms with Gasteiger partial charge in [-0.2, -0.15) is 0 Å². The van der Waals surface area contributed by atoms with Gasteiger partial charge in [0.2, 0.25) is 0 Å². The summed E-state index contributed by atoms with van der Waals surface area (Å²) >= 11 is 0. The van der Waals surface area contributed by atoms with Crippen LogP contribution >= 0.6 is 0 Å². The Kier molecular flexibility index (Phi) is 12.6. The fourth-order valence-electron chi connectivity index (χ4n) is 0.153. The van der Waals surface area contributed by atoms with Gasteiger partial charge in [-0.25, -0.2) is 0 Å². The van der Waals surface area contributed by atoms with Crippen LogP contribution in [-0.4, -0.2) is 18.1 Å². The standard InChI is InChI=1S/2Gd.O7Si2/c;;1-8(2,3)7-9(4,5)6/q2*+3;-6. The second kappa shape index (κ2) is 7.14. The Balaban J connectivity index is -0.000000320. The van der Waals surface area contributed by atoms with Crippen molar-refractivity contribution in [2.45, 2.75) is 0 Å². The van der Waals surface area contributed by atoms with Crippen LogP contribution in [0.1, 0.15) is 0 Å². The van der Waals surface area contributed by atoms with Gasteiger partial charge in [-0.3, -0.25) is 0 Å². The summed E-state index contributed by atoms with van der Waals surface area (Å²) in [6.07, 6.45) is 0. The summed E-state index contributed by atoms with van der Waals surface area (Å²) in [6.45, 7) is 0. The SMILES string of the molecule is [Gd+3].[Gd+3].[O-][Si]([O-])([O-])O[Si]([O-])([O-])[O-]. The fourth-order valence-corrected chi connectivity index (χ4v) is 1.38. The average molecular weight is 483 g/mol. The molecule has 0 fully saturated rings. The summed E-state index contributed by atoms with van der Waals surface area (Å²) in [5, 5.41) is 0. The van der Waals surface area contributed by atoms with E-state index in [0.29, 0.717) is 0 Å². The van der Waals surface area contributed by atoms with Gasteiger partial charge in [-0.1, -0.05) is 0 Å². The second-order valence-electron chi connectivity index (χ2n) is 1.10. The zero-order valence-corrected chi connectivity index (χ0v) is 11.1. The van der Waals surface area contributed by atoms with E-state index in [-0.39, 0.29) is 79.9 Å². The molecule has 0 heterocycles. The van der Waals surface area contributed by atoms with E-state index in [4.69, 9.17) is 0 Å². The van der Waals surface area contributed by atoms with Gasteiger partial charge in [-0.05, 0) is 0 Å². The quantitative estimate of drug-likeness (QED) is 0.355. The van der Waals surface area contributed by atoms with Gasteiger partial charge < -0.3 is 32.9 Å². The van der Waals surface area contributed by atoms with E-state index >= 15 is 0 Å². The van der Waals surface area contributed by atoms with E-state index < -0.39 is 18.1 Å². The van der Waals surface area contributed by atoms with Crippen LogP contribution in [-0.2, 0) is 4.12 Å². The Hall–Kier alpha value is 2.80. The van der Waals surface area contributed by atoms with Gasteiger partial charge in [0.15, 0.2) is 0 Å². The van der Waals surface area contributed by atoms with Gasteiger partial charge in [0.1, 0.15) is 0 Å². The predicted octanol–water partition coefficient (Wildman–Crippen LogP) is -7.96. The molecule has 0 atom stereocenters. The minimum Gasteiger partial charge on any atom is -0.862 e. The van der Waals surface area contributed by atoms with Crippen LogP contribution in [0.5, 0.6) is 0 Å². The smallest absolute Gasteiger partial charge is 0.862 e. The zero-order valence-electron chi connectivity index (χ0n) is 4.56. The first-order valence-electron chi connectivity index (χ1n) is 1.63. The Morgan fingerprint density at radius 3 is 0.818 bits per heavy atom. The fraction of sp³-hybridized carbons (Fsp3) is 0. The average Bonchev–Trinajstić information content (AvgIpc) is 1.14. The molecule has 0 unspecified atom stereocenters. The van der Waals surface area contributed by atoms with E-state index in [1.165, 1.54) is 0 Å². The van der Waals surface area contributed by atoms with E-state index in [0.717, 1.165) is 0 Å². The number of hydrogen-bond donors (Lipinski definition) is 0. The maximum absolute atomic E-state index is 9.36. The Labute approximate surface area is 128 Å². The van der Waals surface area contributed by atoms with Crippen LogP contribution < -0.4 is 28.8 Å². The van der Waals surface area contributed by atoms with Crippen LogP contribution in [0.3, 0.4) is 0 Å². The molecule has 11 heteroatoms. The van der Waals surface area contributed by atoms with Crippen LogP contribution in [0.15, 0.2) is 0 Å². The largest absolute Gasteiger partial charge is 3.00 e. The minimum absolute atomic E-state index is 0. The maximum atomic E-state index is 9.36. The van der Waals surface area contributed by atoms with Crippen molar-refractivity contribution >= 4 is 18.1 Å². The molecule has 0 aromatic rings. The van der Waals surface area contributed by atoms with Gasteiger partial charge >= 0.3 is 79.9 Å². The van der Waals surface area contributed by atoms with Crippen LogP contribution in [0.25, 0.3) is 0 Å². The maximum Gasteiger partial charge on any atom is 3.00 e. The second-order valence-corrected chi connectivity index (χ2v) is 3.92. The Bertz CT molecular complexity index is 79.6. The molecule has 0 spiro atoms. The van der Waals surface area contributed by atoms with E-state index in [1.807, 2.05) is 0 Å². The first-order chi connectivity index (χ1) is 3.71. The third-order valence-electron chi connectivity index (χ3n) is 0.250. The van der Waals surface area contributed by atoms with E-state index in [1.54, 1.807) is 0 Å². The number of rotatable bonds is 2. The Morgan fingerprint density at radius 1 is 0.636 bits per heavy atom. The Morgan fingerprint density at radius 2 is 0.818 bits per heavy atom. The third-order valence-corrected chi connectivity index (χ3v) is 2.25. The molecule has 2 radical (unpaired) electrons. The van der Waals surface area contributed by atoms with Crippen LogP contribution in [0.4, 0.5) is 0 Å². The summed E-state index contributed by atoms with van der Waals surface area (Å²) in [7, 11) is -11.8. The van der Waals surface area contributed by atoms with Gasteiger partial charge in [0.25, 0.3) is 0 Å². The van der Waals surface area contributed by atoms with Crippen molar-refractivity contribution in [3.8, 4) is 0 Å². The predicted molar refractivity (Wildman–Crippen MR) is 12.6 cm³/mol. The molecule has 0 aliphatic rings. The summed E-state index contributed by atoms with van der Waals surface area (Å²) < 4.78 is 2.57. The van der Waals surface area contributed by atoms with Crippen molar-refractivity contribution in [3.05, 3.63) is 0 Å². The van der Waals surface area contributed by atoms with Gasteiger partial charge in [0, 0.05) is 0 Å². The molecule has 0 bridgehead atoms. The van der Waals surface area contributed by atoms with Crippen LogP contribution in [0.2, 0.25) is 0 Å². The minimum atomic E-state index is -5.92. The van der Waals surface area contributed by atoms with Crippen molar-refractivity contribution in [2.75, 3.05) is 0 Å².